The maximum Gasteiger partial charge on any atom is 0.282 e. The van der Waals surface area contributed by atoms with Crippen LogP contribution in [0.25, 0.3) is 0 Å². The predicted molar refractivity (Wildman–Crippen MR) is 66.8 cm³/mol. The van der Waals surface area contributed by atoms with Crippen LogP contribution >= 0.6 is 0 Å². The van der Waals surface area contributed by atoms with Crippen LogP contribution in [0.4, 0.5) is 8.78 Å². The number of piperidine rings is 1. The van der Waals surface area contributed by atoms with Gasteiger partial charge in [0.1, 0.15) is 6.61 Å². The van der Waals surface area contributed by atoms with Gasteiger partial charge in [-0.25, -0.2) is 8.78 Å². The van der Waals surface area contributed by atoms with E-state index in [1.165, 1.54) is 19.3 Å². The molecule has 1 saturated carbocycles. The molecular weight excluding hydrogens is 238 g/mol. The Balaban J connectivity index is 1.83. The molecule has 3 nitrogen and oxygen atoms in total. The van der Waals surface area contributed by atoms with Gasteiger partial charge >= 0.3 is 0 Å². The van der Waals surface area contributed by atoms with Gasteiger partial charge in [-0.1, -0.05) is 12.8 Å². The van der Waals surface area contributed by atoms with Crippen LogP contribution in [0.5, 0.6) is 0 Å². The molecule has 1 saturated heterocycles. The van der Waals surface area contributed by atoms with Gasteiger partial charge in [-0.3, -0.25) is 0 Å². The Kier molecular flexibility index (Phi) is 4.92. The predicted octanol–water partition coefficient (Wildman–Crippen LogP) is 1.51. The van der Waals surface area contributed by atoms with E-state index in [4.69, 9.17) is 5.11 Å². The Bertz CT molecular complexity index is 257. The SMILES string of the molecule is OCC(F)(F)CNC1CCCC1C1CCCCN1. The number of halogens is 2. The smallest absolute Gasteiger partial charge is 0.282 e. The van der Waals surface area contributed by atoms with E-state index in [2.05, 4.69) is 10.6 Å². The fourth-order valence-corrected chi connectivity index (χ4v) is 3.30. The average molecular weight is 262 g/mol. The Morgan fingerprint density at radius 2 is 2.00 bits per heavy atom. The molecule has 0 radical (unpaired) electrons. The molecular formula is C13H24F2N2O. The summed E-state index contributed by atoms with van der Waals surface area (Å²) >= 11 is 0. The van der Waals surface area contributed by atoms with Crippen LogP contribution in [0.2, 0.25) is 0 Å². The minimum Gasteiger partial charge on any atom is -0.390 e. The van der Waals surface area contributed by atoms with Crippen molar-refractivity contribution in [1.29, 1.82) is 0 Å². The molecule has 5 heteroatoms. The average Bonchev–Trinajstić information content (AvgIpc) is 2.86. The molecule has 0 amide bonds. The Morgan fingerprint density at radius 3 is 2.67 bits per heavy atom. The molecule has 0 aromatic heterocycles. The molecule has 2 fully saturated rings. The summed E-state index contributed by atoms with van der Waals surface area (Å²) in [4.78, 5) is 0. The molecule has 18 heavy (non-hydrogen) atoms. The molecule has 1 heterocycles. The lowest BCUT2D eigenvalue weighted by Crippen LogP contribution is -2.49. The van der Waals surface area contributed by atoms with Gasteiger partial charge in [-0.2, -0.15) is 0 Å². The van der Waals surface area contributed by atoms with Crippen molar-refractivity contribution < 1.29 is 13.9 Å². The summed E-state index contributed by atoms with van der Waals surface area (Å²) in [5.41, 5.74) is 0. The molecule has 3 N–H and O–H groups in total. The van der Waals surface area contributed by atoms with Crippen LogP contribution in [0.15, 0.2) is 0 Å². The first-order valence-electron chi connectivity index (χ1n) is 7.08. The summed E-state index contributed by atoms with van der Waals surface area (Å²) in [6.07, 6.45) is 6.85. The Morgan fingerprint density at radius 1 is 1.17 bits per heavy atom. The number of aliphatic hydroxyl groups is 1. The van der Waals surface area contributed by atoms with Gasteiger partial charge in [0, 0.05) is 12.1 Å². The Hall–Kier alpha value is -0.260. The molecule has 0 aromatic carbocycles. The molecule has 106 valence electrons. The quantitative estimate of drug-likeness (QED) is 0.704. The Labute approximate surface area is 107 Å². The highest BCUT2D eigenvalue weighted by Crippen LogP contribution is 2.32. The molecule has 3 unspecified atom stereocenters. The van der Waals surface area contributed by atoms with Crippen LogP contribution in [0, 0.1) is 5.92 Å². The minimum atomic E-state index is -2.99. The lowest BCUT2D eigenvalue weighted by Gasteiger charge is -2.33. The fourth-order valence-electron chi connectivity index (χ4n) is 3.30. The maximum absolute atomic E-state index is 13.0. The molecule has 0 spiro atoms. The van der Waals surface area contributed by atoms with Crippen LogP contribution < -0.4 is 10.6 Å². The summed E-state index contributed by atoms with van der Waals surface area (Å²) < 4.78 is 26.1. The lowest BCUT2D eigenvalue weighted by molar-refractivity contribution is -0.0503. The highest BCUT2D eigenvalue weighted by molar-refractivity contribution is 4.92. The van der Waals surface area contributed by atoms with Crippen molar-refractivity contribution in [2.45, 2.75) is 56.5 Å². The summed E-state index contributed by atoms with van der Waals surface area (Å²) in [5, 5.41) is 15.1. The second-order valence-electron chi connectivity index (χ2n) is 5.65. The zero-order chi connectivity index (χ0) is 13.0. The lowest BCUT2D eigenvalue weighted by atomic mass is 9.88. The number of hydrogen-bond acceptors (Lipinski definition) is 3. The molecule has 1 aliphatic carbocycles. The topological polar surface area (TPSA) is 44.3 Å². The van der Waals surface area contributed by atoms with Gasteiger partial charge in [0.15, 0.2) is 0 Å². The largest absolute Gasteiger partial charge is 0.390 e. The zero-order valence-corrected chi connectivity index (χ0v) is 10.8. The highest BCUT2D eigenvalue weighted by Gasteiger charge is 2.36. The van der Waals surface area contributed by atoms with Gasteiger partial charge in [0.25, 0.3) is 5.92 Å². The monoisotopic (exact) mass is 262 g/mol. The van der Waals surface area contributed by atoms with Gasteiger partial charge in [0.05, 0.1) is 6.54 Å². The number of nitrogens with one attached hydrogen (secondary N) is 2. The van der Waals surface area contributed by atoms with Crippen LogP contribution in [0.3, 0.4) is 0 Å². The highest BCUT2D eigenvalue weighted by atomic mass is 19.3. The standard InChI is InChI=1S/C13H24F2N2O/c14-13(15,9-18)8-17-12-6-3-4-10(12)11-5-1-2-7-16-11/h10-12,16-18H,1-9H2. The first-order chi connectivity index (χ1) is 8.62. The maximum atomic E-state index is 13.0. The molecule has 2 aliphatic rings. The summed E-state index contributed by atoms with van der Waals surface area (Å²) in [7, 11) is 0. The van der Waals surface area contributed by atoms with E-state index in [1.807, 2.05) is 0 Å². The van der Waals surface area contributed by atoms with E-state index in [0.717, 1.165) is 25.8 Å². The minimum absolute atomic E-state index is 0.179. The third-order valence-corrected chi connectivity index (χ3v) is 4.29. The van der Waals surface area contributed by atoms with Gasteiger partial charge in [-0.15, -0.1) is 0 Å². The second-order valence-corrected chi connectivity index (χ2v) is 5.65. The van der Waals surface area contributed by atoms with E-state index in [1.54, 1.807) is 0 Å². The van der Waals surface area contributed by atoms with E-state index in [9.17, 15) is 8.78 Å². The summed E-state index contributed by atoms with van der Waals surface area (Å²) in [6.45, 7) is -0.420. The van der Waals surface area contributed by atoms with Crippen molar-refractivity contribution >= 4 is 0 Å². The number of hydrogen-bond donors (Lipinski definition) is 3. The summed E-state index contributed by atoms with van der Waals surface area (Å²) in [5.74, 6) is -2.52. The fraction of sp³-hybridized carbons (Fsp3) is 1.00. The number of rotatable bonds is 5. The third-order valence-electron chi connectivity index (χ3n) is 4.29. The second kappa shape index (κ2) is 6.26. The zero-order valence-electron chi connectivity index (χ0n) is 10.8. The first-order valence-corrected chi connectivity index (χ1v) is 7.08. The van der Waals surface area contributed by atoms with Crippen molar-refractivity contribution in [2.75, 3.05) is 19.7 Å². The third kappa shape index (κ3) is 3.62. The van der Waals surface area contributed by atoms with Crippen LogP contribution in [0.1, 0.15) is 38.5 Å². The van der Waals surface area contributed by atoms with Crippen molar-refractivity contribution in [3.05, 3.63) is 0 Å². The van der Waals surface area contributed by atoms with Gasteiger partial charge in [0.2, 0.25) is 0 Å². The van der Waals surface area contributed by atoms with E-state index in [-0.39, 0.29) is 6.04 Å². The van der Waals surface area contributed by atoms with Crippen molar-refractivity contribution in [1.82, 2.24) is 10.6 Å². The van der Waals surface area contributed by atoms with E-state index in [0.29, 0.717) is 12.0 Å². The number of aliphatic hydroxyl groups excluding tert-OH is 1. The van der Waals surface area contributed by atoms with E-state index >= 15 is 0 Å². The van der Waals surface area contributed by atoms with Crippen molar-refractivity contribution in [2.24, 2.45) is 5.92 Å². The van der Waals surface area contributed by atoms with Gasteiger partial charge in [-0.05, 0) is 38.1 Å². The normalized spacial score (nSPS) is 33.8. The molecule has 1 aliphatic heterocycles. The van der Waals surface area contributed by atoms with E-state index < -0.39 is 19.1 Å². The van der Waals surface area contributed by atoms with Gasteiger partial charge < -0.3 is 15.7 Å². The van der Waals surface area contributed by atoms with Crippen molar-refractivity contribution in [3.63, 3.8) is 0 Å². The summed E-state index contributed by atoms with van der Waals surface area (Å²) in [6, 6.07) is 0.666. The first kappa shape index (κ1) is 14.2. The van der Waals surface area contributed by atoms with Crippen molar-refractivity contribution in [3.8, 4) is 0 Å². The molecule has 3 atom stereocenters. The molecule has 2 rings (SSSR count). The molecule has 0 aromatic rings. The van der Waals surface area contributed by atoms with Crippen LogP contribution in [-0.2, 0) is 0 Å². The number of alkyl halides is 2. The van der Waals surface area contributed by atoms with Crippen LogP contribution in [-0.4, -0.2) is 42.8 Å². The molecule has 0 bridgehead atoms.